The quantitative estimate of drug-likeness (QED) is 0.784. The molecule has 0 spiro atoms. The first-order chi connectivity index (χ1) is 9.63. The van der Waals surface area contributed by atoms with E-state index in [1.165, 1.54) is 19.3 Å². The van der Waals surface area contributed by atoms with Crippen molar-refractivity contribution in [2.75, 3.05) is 19.0 Å². The molecule has 2 atom stereocenters. The summed E-state index contributed by atoms with van der Waals surface area (Å²) >= 11 is 2.14. The van der Waals surface area contributed by atoms with Crippen LogP contribution in [-0.4, -0.2) is 30.4 Å². The predicted octanol–water partition coefficient (Wildman–Crippen LogP) is 4.00. The van der Waals surface area contributed by atoms with Gasteiger partial charge in [-0.25, -0.2) is 0 Å². The zero-order chi connectivity index (χ0) is 14.1. The molecule has 2 fully saturated rings. The molecule has 2 unspecified atom stereocenters. The summed E-state index contributed by atoms with van der Waals surface area (Å²) in [5, 5.41) is 1.46. The SMILES string of the molecule is CN(C)c1cccc(C(=O)C2CC3CCCC(C2)S3)c1. The summed E-state index contributed by atoms with van der Waals surface area (Å²) < 4.78 is 0. The number of carbonyl (C=O) groups is 1. The average molecular weight is 289 g/mol. The summed E-state index contributed by atoms with van der Waals surface area (Å²) in [6.45, 7) is 0. The van der Waals surface area contributed by atoms with Gasteiger partial charge in [-0.1, -0.05) is 18.6 Å². The molecule has 1 aromatic rings. The highest BCUT2D eigenvalue weighted by Crippen LogP contribution is 2.44. The second kappa shape index (κ2) is 5.80. The first-order valence-electron chi connectivity index (χ1n) is 7.60. The molecule has 0 radical (unpaired) electrons. The van der Waals surface area contributed by atoms with Gasteiger partial charge in [-0.2, -0.15) is 11.8 Å². The van der Waals surface area contributed by atoms with Crippen molar-refractivity contribution < 1.29 is 4.79 Å². The smallest absolute Gasteiger partial charge is 0.166 e. The number of ketones is 1. The Kier molecular flexibility index (Phi) is 4.06. The third-order valence-corrected chi connectivity index (χ3v) is 6.18. The third-order valence-electron chi connectivity index (χ3n) is 4.55. The van der Waals surface area contributed by atoms with Gasteiger partial charge in [0.2, 0.25) is 0 Å². The summed E-state index contributed by atoms with van der Waals surface area (Å²) in [5.41, 5.74) is 2.01. The number of thioether (sulfide) groups is 1. The lowest BCUT2D eigenvalue weighted by Gasteiger charge is -2.38. The molecule has 0 N–H and O–H groups in total. The van der Waals surface area contributed by atoms with Crippen LogP contribution in [0.3, 0.4) is 0 Å². The normalized spacial score (nSPS) is 29.0. The van der Waals surface area contributed by atoms with Gasteiger partial charge in [0.15, 0.2) is 5.78 Å². The largest absolute Gasteiger partial charge is 0.378 e. The number of rotatable bonds is 3. The van der Waals surface area contributed by atoms with Crippen molar-refractivity contribution in [1.29, 1.82) is 0 Å². The standard InChI is InChI=1S/C17H23NOS/c1-18(2)14-6-3-5-12(9-14)17(19)13-10-15-7-4-8-16(11-13)20-15/h3,5-6,9,13,15-16H,4,7-8,10-11H2,1-2H3. The predicted molar refractivity (Wildman–Crippen MR) is 86.8 cm³/mol. The van der Waals surface area contributed by atoms with E-state index < -0.39 is 0 Å². The summed E-state index contributed by atoms with van der Waals surface area (Å²) in [6, 6.07) is 8.08. The molecule has 3 rings (SSSR count). The van der Waals surface area contributed by atoms with Crippen LogP contribution in [0.25, 0.3) is 0 Å². The van der Waals surface area contributed by atoms with E-state index in [-0.39, 0.29) is 5.92 Å². The van der Waals surface area contributed by atoms with Crippen molar-refractivity contribution in [2.45, 2.75) is 42.6 Å². The van der Waals surface area contributed by atoms with Crippen molar-refractivity contribution in [3.8, 4) is 0 Å². The third kappa shape index (κ3) is 2.88. The maximum atomic E-state index is 12.8. The van der Waals surface area contributed by atoms with Crippen molar-refractivity contribution in [3.05, 3.63) is 29.8 Å². The van der Waals surface area contributed by atoms with E-state index in [9.17, 15) is 4.79 Å². The van der Waals surface area contributed by atoms with Gasteiger partial charge in [0.25, 0.3) is 0 Å². The lowest BCUT2D eigenvalue weighted by atomic mass is 9.84. The van der Waals surface area contributed by atoms with Crippen LogP contribution in [-0.2, 0) is 0 Å². The lowest BCUT2D eigenvalue weighted by molar-refractivity contribution is 0.0897. The molecule has 2 aliphatic heterocycles. The number of anilines is 1. The molecular weight excluding hydrogens is 266 g/mol. The highest BCUT2D eigenvalue weighted by molar-refractivity contribution is 8.00. The molecule has 2 saturated heterocycles. The first kappa shape index (κ1) is 14.0. The molecule has 0 saturated carbocycles. The molecule has 2 nitrogen and oxygen atoms in total. The van der Waals surface area contributed by atoms with E-state index in [0.29, 0.717) is 5.78 Å². The van der Waals surface area contributed by atoms with E-state index in [2.05, 4.69) is 22.7 Å². The van der Waals surface area contributed by atoms with Crippen molar-refractivity contribution in [2.24, 2.45) is 5.92 Å². The summed E-state index contributed by atoms with van der Waals surface area (Å²) in [5.74, 6) is 0.620. The minimum Gasteiger partial charge on any atom is -0.378 e. The molecule has 1 aromatic carbocycles. The van der Waals surface area contributed by atoms with Crippen LogP contribution in [0.4, 0.5) is 5.69 Å². The Morgan fingerprint density at radius 2 is 1.90 bits per heavy atom. The second-order valence-corrected chi connectivity index (χ2v) is 7.89. The Labute approximate surface area is 125 Å². The fourth-order valence-electron chi connectivity index (χ4n) is 3.45. The van der Waals surface area contributed by atoms with Gasteiger partial charge in [0.1, 0.15) is 0 Å². The molecule has 0 aliphatic carbocycles. The molecular formula is C17H23NOS. The Morgan fingerprint density at radius 3 is 2.55 bits per heavy atom. The Hall–Kier alpha value is -0.960. The number of nitrogens with zero attached hydrogens (tertiary/aromatic N) is 1. The van der Waals surface area contributed by atoms with Gasteiger partial charge < -0.3 is 4.90 Å². The Morgan fingerprint density at radius 1 is 1.20 bits per heavy atom. The second-order valence-electron chi connectivity index (χ2n) is 6.29. The van der Waals surface area contributed by atoms with Crippen LogP contribution in [0, 0.1) is 5.92 Å². The van der Waals surface area contributed by atoms with E-state index >= 15 is 0 Å². The van der Waals surface area contributed by atoms with Gasteiger partial charge >= 0.3 is 0 Å². The topological polar surface area (TPSA) is 20.3 Å². The van der Waals surface area contributed by atoms with Crippen LogP contribution >= 0.6 is 11.8 Å². The Balaban J connectivity index is 1.77. The number of Topliss-reactive ketones (excluding diaryl/α,β-unsaturated/α-hetero) is 1. The van der Waals surface area contributed by atoms with Gasteiger partial charge in [0.05, 0.1) is 0 Å². The van der Waals surface area contributed by atoms with Crippen molar-refractivity contribution in [3.63, 3.8) is 0 Å². The van der Waals surface area contributed by atoms with Crippen LogP contribution < -0.4 is 4.90 Å². The summed E-state index contributed by atoms with van der Waals surface area (Å²) in [6.07, 6.45) is 6.16. The van der Waals surface area contributed by atoms with Gasteiger partial charge in [0, 0.05) is 41.8 Å². The van der Waals surface area contributed by atoms with E-state index in [1.807, 2.05) is 32.3 Å². The highest BCUT2D eigenvalue weighted by atomic mass is 32.2. The first-order valence-corrected chi connectivity index (χ1v) is 8.55. The minimum absolute atomic E-state index is 0.254. The molecule has 20 heavy (non-hydrogen) atoms. The molecule has 0 aromatic heterocycles. The molecule has 2 bridgehead atoms. The van der Waals surface area contributed by atoms with Gasteiger partial charge in [-0.05, 0) is 37.8 Å². The fraction of sp³-hybridized carbons (Fsp3) is 0.588. The number of benzene rings is 1. The van der Waals surface area contributed by atoms with Crippen LogP contribution in [0.5, 0.6) is 0 Å². The number of fused-ring (bicyclic) bond motifs is 2. The monoisotopic (exact) mass is 289 g/mol. The molecule has 108 valence electrons. The molecule has 2 heterocycles. The van der Waals surface area contributed by atoms with Crippen molar-refractivity contribution in [1.82, 2.24) is 0 Å². The number of hydrogen-bond acceptors (Lipinski definition) is 3. The van der Waals surface area contributed by atoms with Crippen LogP contribution in [0.1, 0.15) is 42.5 Å². The molecule has 3 heteroatoms. The summed E-state index contributed by atoms with van der Waals surface area (Å²) in [4.78, 5) is 14.8. The minimum atomic E-state index is 0.254. The van der Waals surface area contributed by atoms with E-state index in [1.54, 1.807) is 0 Å². The van der Waals surface area contributed by atoms with Crippen molar-refractivity contribution >= 4 is 23.2 Å². The number of hydrogen-bond donors (Lipinski definition) is 0. The van der Waals surface area contributed by atoms with Gasteiger partial charge in [-0.3, -0.25) is 4.79 Å². The van der Waals surface area contributed by atoms with E-state index in [4.69, 9.17) is 0 Å². The van der Waals surface area contributed by atoms with Crippen LogP contribution in [0.15, 0.2) is 24.3 Å². The molecule has 0 amide bonds. The fourth-order valence-corrected chi connectivity index (χ4v) is 5.28. The Bertz CT molecular complexity index is 488. The van der Waals surface area contributed by atoms with E-state index in [0.717, 1.165) is 34.6 Å². The average Bonchev–Trinajstić information content (AvgIpc) is 2.46. The zero-order valence-corrected chi connectivity index (χ0v) is 13.2. The molecule has 2 aliphatic rings. The lowest BCUT2D eigenvalue weighted by Crippen LogP contribution is -2.32. The highest BCUT2D eigenvalue weighted by Gasteiger charge is 2.35. The summed E-state index contributed by atoms with van der Waals surface area (Å²) in [7, 11) is 4.04. The maximum absolute atomic E-state index is 12.8. The zero-order valence-electron chi connectivity index (χ0n) is 12.3. The maximum Gasteiger partial charge on any atom is 0.166 e. The van der Waals surface area contributed by atoms with Crippen LogP contribution in [0.2, 0.25) is 0 Å². The number of carbonyl (C=O) groups excluding carboxylic acids is 1. The van der Waals surface area contributed by atoms with Gasteiger partial charge in [-0.15, -0.1) is 0 Å².